The first-order valence-corrected chi connectivity index (χ1v) is 8.70. The lowest BCUT2D eigenvalue weighted by atomic mass is 10.00. The molecule has 3 rings (SSSR count). The zero-order chi connectivity index (χ0) is 17.6. The van der Waals surface area contributed by atoms with E-state index in [2.05, 4.69) is 47.9 Å². The van der Waals surface area contributed by atoms with Crippen LogP contribution in [-0.2, 0) is 4.79 Å². The molecule has 0 spiro atoms. The van der Waals surface area contributed by atoms with E-state index in [1.807, 2.05) is 49.4 Å². The highest BCUT2D eigenvalue weighted by atomic mass is 16.1. The molecule has 1 amide bonds. The molecule has 0 aliphatic rings. The molecule has 2 N–H and O–H groups in total. The minimum absolute atomic E-state index is 0.00311. The van der Waals surface area contributed by atoms with Gasteiger partial charge in [-0.3, -0.25) is 4.79 Å². The maximum absolute atomic E-state index is 12.3. The van der Waals surface area contributed by atoms with Crippen molar-refractivity contribution in [2.75, 3.05) is 6.54 Å². The van der Waals surface area contributed by atoms with Crippen molar-refractivity contribution in [3.8, 4) is 0 Å². The molecule has 3 nitrogen and oxygen atoms in total. The highest BCUT2D eigenvalue weighted by molar-refractivity contribution is 5.86. The number of carbonyl (C=O) groups is 1. The summed E-state index contributed by atoms with van der Waals surface area (Å²) in [4.78, 5) is 12.3. The average molecular weight is 332 g/mol. The van der Waals surface area contributed by atoms with Gasteiger partial charge in [-0.2, -0.15) is 0 Å². The van der Waals surface area contributed by atoms with Crippen LogP contribution >= 0.6 is 0 Å². The minimum atomic E-state index is 0.00311. The summed E-state index contributed by atoms with van der Waals surface area (Å²) in [7, 11) is 0. The molecule has 0 fully saturated rings. The lowest BCUT2D eigenvalue weighted by molar-refractivity contribution is -0.121. The van der Waals surface area contributed by atoms with Gasteiger partial charge in [-0.05, 0) is 35.7 Å². The summed E-state index contributed by atoms with van der Waals surface area (Å²) in [6, 6.07) is 24.7. The molecule has 0 heterocycles. The first kappa shape index (κ1) is 17.2. The molecule has 25 heavy (non-hydrogen) atoms. The zero-order valence-corrected chi connectivity index (χ0v) is 14.7. The fraction of sp³-hybridized carbons (Fsp3) is 0.227. The van der Waals surface area contributed by atoms with Crippen LogP contribution in [0.5, 0.6) is 0 Å². The standard InChI is InChI=1S/C22H24N2O/c1-16(18-9-4-3-5-10-18)24-22(25)15-23-17(2)20-14-8-12-19-11-6-7-13-21(19)20/h3-14,16-17,23H,15H2,1-2H3,(H,24,25)/t16-,17-/m1/s1. The third-order valence-electron chi connectivity index (χ3n) is 4.54. The topological polar surface area (TPSA) is 41.1 Å². The third-order valence-corrected chi connectivity index (χ3v) is 4.54. The van der Waals surface area contributed by atoms with Crippen molar-refractivity contribution in [2.24, 2.45) is 0 Å². The van der Waals surface area contributed by atoms with Gasteiger partial charge < -0.3 is 10.6 Å². The van der Waals surface area contributed by atoms with E-state index in [9.17, 15) is 4.79 Å². The number of hydrogen-bond acceptors (Lipinski definition) is 2. The van der Waals surface area contributed by atoms with Gasteiger partial charge in [0.05, 0.1) is 12.6 Å². The molecule has 0 radical (unpaired) electrons. The zero-order valence-electron chi connectivity index (χ0n) is 14.7. The van der Waals surface area contributed by atoms with Gasteiger partial charge in [0.25, 0.3) is 0 Å². The van der Waals surface area contributed by atoms with Crippen molar-refractivity contribution in [1.82, 2.24) is 10.6 Å². The van der Waals surface area contributed by atoms with Crippen LogP contribution in [0.25, 0.3) is 10.8 Å². The summed E-state index contributed by atoms with van der Waals surface area (Å²) in [5, 5.41) is 8.82. The molecule has 0 aromatic heterocycles. The van der Waals surface area contributed by atoms with Crippen LogP contribution in [0.3, 0.4) is 0 Å². The second-order valence-electron chi connectivity index (χ2n) is 6.37. The van der Waals surface area contributed by atoms with Gasteiger partial charge in [0.2, 0.25) is 5.91 Å². The number of hydrogen-bond donors (Lipinski definition) is 2. The molecule has 3 aromatic rings. The summed E-state index contributed by atoms with van der Waals surface area (Å²) in [6.07, 6.45) is 0. The van der Waals surface area contributed by atoms with Gasteiger partial charge in [0.1, 0.15) is 0 Å². The lowest BCUT2D eigenvalue weighted by Gasteiger charge is -2.18. The molecule has 2 atom stereocenters. The van der Waals surface area contributed by atoms with Crippen LogP contribution < -0.4 is 10.6 Å². The van der Waals surface area contributed by atoms with Crippen LogP contribution in [0.15, 0.2) is 72.8 Å². The number of rotatable bonds is 6. The SMILES string of the molecule is C[C@@H](NC(=O)CN[C@H](C)c1cccc2ccccc12)c1ccccc1. The normalized spacial score (nSPS) is 13.4. The summed E-state index contributed by atoms with van der Waals surface area (Å²) in [5.41, 5.74) is 2.32. The Balaban J connectivity index is 1.60. The van der Waals surface area contributed by atoms with Crippen molar-refractivity contribution in [2.45, 2.75) is 25.9 Å². The second-order valence-corrected chi connectivity index (χ2v) is 6.37. The van der Waals surface area contributed by atoms with Gasteiger partial charge in [-0.1, -0.05) is 72.8 Å². The van der Waals surface area contributed by atoms with Gasteiger partial charge >= 0.3 is 0 Å². The van der Waals surface area contributed by atoms with Crippen molar-refractivity contribution in [3.63, 3.8) is 0 Å². The molecule has 0 saturated heterocycles. The fourth-order valence-corrected chi connectivity index (χ4v) is 3.10. The Labute approximate surface area is 149 Å². The molecule has 128 valence electrons. The van der Waals surface area contributed by atoms with Crippen molar-refractivity contribution < 1.29 is 4.79 Å². The van der Waals surface area contributed by atoms with E-state index in [4.69, 9.17) is 0 Å². The molecule has 0 saturated carbocycles. The Hall–Kier alpha value is -2.65. The highest BCUT2D eigenvalue weighted by Crippen LogP contribution is 2.23. The average Bonchev–Trinajstić information content (AvgIpc) is 2.66. The van der Waals surface area contributed by atoms with E-state index in [-0.39, 0.29) is 18.0 Å². The smallest absolute Gasteiger partial charge is 0.234 e. The summed E-state index contributed by atoms with van der Waals surface area (Å²) in [6.45, 7) is 4.39. The van der Waals surface area contributed by atoms with Crippen molar-refractivity contribution in [1.29, 1.82) is 0 Å². The van der Waals surface area contributed by atoms with Crippen LogP contribution in [0, 0.1) is 0 Å². The quantitative estimate of drug-likeness (QED) is 0.704. The highest BCUT2D eigenvalue weighted by Gasteiger charge is 2.12. The van der Waals surface area contributed by atoms with Gasteiger partial charge in [-0.15, -0.1) is 0 Å². The first-order valence-electron chi connectivity index (χ1n) is 8.70. The summed E-state index contributed by atoms with van der Waals surface area (Å²) in [5.74, 6) is 0.00318. The largest absolute Gasteiger partial charge is 0.348 e. The molecule has 0 aliphatic heterocycles. The summed E-state index contributed by atoms with van der Waals surface area (Å²) >= 11 is 0. The maximum Gasteiger partial charge on any atom is 0.234 e. The Bertz CT molecular complexity index is 840. The van der Waals surface area contributed by atoms with E-state index in [1.165, 1.54) is 16.3 Å². The third kappa shape index (κ3) is 4.25. The molecular weight excluding hydrogens is 308 g/mol. The Morgan fingerprint density at radius 2 is 1.52 bits per heavy atom. The molecular formula is C22H24N2O. The number of nitrogens with one attached hydrogen (secondary N) is 2. The maximum atomic E-state index is 12.3. The van der Waals surface area contributed by atoms with Crippen molar-refractivity contribution >= 4 is 16.7 Å². The van der Waals surface area contributed by atoms with E-state index in [0.29, 0.717) is 6.54 Å². The Morgan fingerprint density at radius 3 is 2.32 bits per heavy atom. The second kappa shape index (κ2) is 7.95. The number of carbonyl (C=O) groups excluding carboxylic acids is 1. The predicted octanol–water partition coefficient (Wildman–Crippen LogP) is 4.37. The monoisotopic (exact) mass is 332 g/mol. The van der Waals surface area contributed by atoms with E-state index >= 15 is 0 Å². The molecule has 0 unspecified atom stereocenters. The van der Waals surface area contributed by atoms with Gasteiger partial charge in [0.15, 0.2) is 0 Å². The van der Waals surface area contributed by atoms with Crippen molar-refractivity contribution in [3.05, 3.63) is 83.9 Å². The molecule has 3 heteroatoms. The van der Waals surface area contributed by atoms with Crippen LogP contribution in [0.1, 0.15) is 37.1 Å². The van der Waals surface area contributed by atoms with E-state index in [0.717, 1.165) is 5.56 Å². The van der Waals surface area contributed by atoms with E-state index in [1.54, 1.807) is 0 Å². The summed E-state index contributed by atoms with van der Waals surface area (Å²) < 4.78 is 0. The van der Waals surface area contributed by atoms with Crippen LogP contribution in [-0.4, -0.2) is 12.5 Å². The minimum Gasteiger partial charge on any atom is -0.348 e. The molecule has 0 bridgehead atoms. The number of amides is 1. The van der Waals surface area contributed by atoms with Gasteiger partial charge in [-0.25, -0.2) is 0 Å². The molecule has 0 aliphatic carbocycles. The van der Waals surface area contributed by atoms with Gasteiger partial charge in [0, 0.05) is 6.04 Å². The first-order chi connectivity index (χ1) is 12.1. The Kier molecular flexibility index (Phi) is 5.46. The predicted molar refractivity (Wildman–Crippen MR) is 103 cm³/mol. The van der Waals surface area contributed by atoms with Crippen LogP contribution in [0.2, 0.25) is 0 Å². The van der Waals surface area contributed by atoms with E-state index < -0.39 is 0 Å². The molecule has 3 aromatic carbocycles. The van der Waals surface area contributed by atoms with Crippen LogP contribution in [0.4, 0.5) is 0 Å². The lowest BCUT2D eigenvalue weighted by Crippen LogP contribution is -2.36. The number of fused-ring (bicyclic) bond motifs is 1. The fourth-order valence-electron chi connectivity index (χ4n) is 3.10. The Morgan fingerprint density at radius 1 is 0.840 bits per heavy atom. The number of benzene rings is 3.